The lowest BCUT2D eigenvalue weighted by Crippen LogP contribution is -2.30. The summed E-state index contributed by atoms with van der Waals surface area (Å²) in [4.78, 5) is 0. The van der Waals surface area contributed by atoms with Gasteiger partial charge in [0.25, 0.3) is 0 Å². The lowest BCUT2D eigenvalue weighted by molar-refractivity contribution is -0.0829. The molecule has 16 heavy (non-hydrogen) atoms. The Morgan fingerprint density at radius 1 is 1.25 bits per heavy atom. The van der Waals surface area contributed by atoms with Gasteiger partial charge in [0, 0.05) is 26.3 Å². The minimum Gasteiger partial charge on any atom is -0.357 e. The Balaban J connectivity index is 3.56. The summed E-state index contributed by atoms with van der Waals surface area (Å²) in [6, 6.07) is 1.25. The largest absolute Gasteiger partial charge is 0.357 e. The first-order chi connectivity index (χ1) is 7.74. The number of nitrogens with two attached hydrogens (primary N) is 1. The van der Waals surface area contributed by atoms with Gasteiger partial charge in [-0.2, -0.15) is 0 Å². The highest BCUT2D eigenvalue weighted by atomic mass is 28.2. The van der Waals surface area contributed by atoms with E-state index in [1.54, 1.807) is 0 Å². The molecule has 0 aliphatic heterocycles. The van der Waals surface area contributed by atoms with E-state index in [4.69, 9.17) is 15.2 Å². The zero-order valence-electron chi connectivity index (χ0n) is 11.0. The van der Waals surface area contributed by atoms with E-state index in [0.29, 0.717) is 12.5 Å². The molecule has 5 heteroatoms. The highest BCUT2D eigenvalue weighted by molar-refractivity contribution is 6.36. The lowest BCUT2D eigenvalue weighted by Gasteiger charge is -2.19. The predicted octanol–water partition coefficient (Wildman–Crippen LogP) is 0.115. The van der Waals surface area contributed by atoms with Gasteiger partial charge in [-0.3, -0.25) is 0 Å². The van der Waals surface area contributed by atoms with Crippen molar-refractivity contribution in [1.82, 2.24) is 5.32 Å². The van der Waals surface area contributed by atoms with E-state index in [-0.39, 0.29) is 15.4 Å². The van der Waals surface area contributed by atoms with Gasteiger partial charge in [0.05, 0.1) is 9.52 Å². The first-order valence-corrected chi connectivity index (χ1v) is 8.20. The predicted molar refractivity (Wildman–Crippen MR) is 71.5 cm³/mol. The Morgan fingerprint density at radius 3 is 2.38 bits per heavy atom. The molecular formula is C11H28N2O2Si. The van der Waals surface area contributed by atoms with Gasteiger partial charge in [-0.15, -0.1) is 0 Å². The summed E-state index contributed by atoms with van der Waals surface area (Å²) in [5, 5.41) is 3.34. The van der Waals surface area contributed by atoms with Crippen molar-refractivity contribution in [3.63, 3.8) is 0 Å². The smallest absolute Gasteiger partial charge is 0.134 e. The van der Waals surface area contributed by atoms with Crippen LogP contribution < -0.4 is 11.1 Å². The van der Waals surface area contributed by atoms with E-state index in [0.717, 1.165) is 26.3 Å². The van der Waals surface area contributed by atoms with Crippen LogP contribution in [0.1, 0.15) is 20.8 Å². The van der Waals surface area contributed by atoms with Crippen molar-refractivity contribution < 1.29 is 9.47 Å². The van der Waals surface area contributed by atoms with Gasteiger partial charge in [0.15, 0.2) is 0 Å². The van der Waals surface area contributed by atoms with Crippen LogP contribution in [0.25, 0.3) is 0 Å². The molecule has 1 atom stereocenters. The van der Waals surface area contributed by atoms with Gasteiger partial charge >= 0.3 is 0 Å². The SMILES string of the molecule is CCOC(OCC)[SiH2]CC(C)CNCCN. The lowest BCUT2D eigenvalue weighted by atomic mass is 10.2. The molecule has 0 aromatic heterocycles. The van der Waals surface area contributed by atoms with E-state index >= 15 is 0 Å². The summed E-state index contributed by atoms with van der Waals surface area (Å²) in [6.07, 6.45) is 0. The fourth-order valence-electron chi connectivity index (χ4n) is 1.56. The van der Waals surface area contributed by atoms with E-state index in [1.807, 2.05) is 13.8 Å². The number of rotatable bonds is 11. The average molecular weight is 248 g/mol. The van der Waals surface area contributed by atoms with E-state index in [2.05, 4.69) is 12.2 Å². The molecule has 0 heterocycles. The number of hydrogen-bond donors (Lipinski definition) is 2. The first-order valence-electron chi connectivity index (χ1n) is 6.38. The van der Waals surface area contributed by atoms with Crippen molar-refractivity contribution in [2.45, 2.75) is 32.7 Å². The third kappa shape index (κ3) is 9.29. The highest BCUT2D eigenvalue weighted by Crippen LogP contribution is 2.04. The second-order valence-electron chi connectivity index (χ2n) is 4.02. The third-order valence-electron chi connectivity index (χ3n) is 2.41. The molecule has 0 rings (SSSR count). The zero-order chi connectivity index (χ0) is 12.2. The molecule has 0 spiro atoms. The summed E-state index contributed by atoms with van der Waals surface area (Å²) in [7, 11) is -0.294. The van der Waals surface area contributed by atoms with Gasteiger partial charge in [0.1, 0.15) is 5.91 Å². The second kappa shape index (κ2) is 11.5. The zero-order valence-corrected chi connectivity index (χ0v) is 12.4. The van der Waals surface area contributed by atoms with Crippen LogP contribution in [0.2, 0.25) is 6.04 Å². The van der Waals surface area contributed by atoms with Crippen LogP contribution >= 0.6 is 0 Å². The Hall–Kier alpha value is 0.0569. The van der Waals surface area contributed by atoms with Gasteiger partial charge in [-0.25, -0.2) is 0 Å². The number of ether oxygens (including phenoxy) is 2. The van der Waals surface area contributed by atoms with Gasteiger partial charge < -0.3 is 20.5 Å². The molecule has 0 aliphatic carbocycles. The molecule has 4 nitrogen and oxygen atoms in total. The molecule has 0 amide bonds. The van der Waals surface area contributed by atoms with Crippen LogP contribution in [0.3, 0.4) is 0 Å². The fourth-order valence-corrected chi connectivity index (χ4v) is 3.41. The quantitative estimate of drug-likeness (QED) is 0.310. The third-order valence-corrected chi connectivity index (χ3v) is 4.68. The van der Waals surface area contributed by atoms with Crippen LogP contribution in [-0.2, 0) is 9.47 Å². The van der Waals surface area contributed by atoms with Crippen molar-refractivity contribution in [2.24, 2.45) is 11.7 Å². The Kier molecular flexibility index (Phi) is 11.6. The van der Waals surface area contributed by atoms with Crippen LogP contribution in [0.4, 0.5) is 0 Å². The maximum atomic E-state index is 5.56. The Labute approximate surface area is 102 Å². The first kappa shape index (κ1) is 16.1. The molecular weight excluding hydrogens is 220 g/mol. The molecule has 0 saturated carbocycles. The summed E-state index contributed by atoms with van der Waals surface area (Å²) in [5.74, 6) is 0.800. The molecule has 0 aromatic rings. The van der Waals surface area contributed by atoms with Crippen molar-refractivity contribution in [3.05, 3.63) is 0 Å². The van der Waals surface area contributed by atoms with Gasteiger partial charge in [-0.05, 0) is 26.3 Å². The number of nitrogens with one attached hydrogen (secondary N) is 1. The molecule has 0 saturated heterocycles. The molecule has 0 radical (unpaired) electrons. The van der Waals surface area contributed by atoms with Gasteiger partial charge in [-0.1, -0.05) is 13.0 Å². The fraction of sp³-hybridized carbons (Fsp3) is 1.00. The molecule has 0 bridgehead atoms. The number of hydrogen-bond acceptors (Lipinski definition) is 4. The normalized spacial score (nSPS) is 14.1. The van der Waals surface area contributed by atoms with Crippen LogP contribution in [0.15, 0.2) is 0 Å². The molecule has 0 fully saturated rings. The van der Waals surface area contributed by atoms with E-state index in [1.165, 1.54) is 6.04 Å². The molecule has 1 unspecified atom stereocenters. The van der Waals surface area contributed by atoms with Crippen LogP contribution in [0, 0.1) is 5.92 Å². The monoisotopic (exact) mass is 248 g/mol. The molecule has 3 N–H and O–H groups in total. The molecule has 98 valence electrons. The summed E-state index contributed by atoms with van der Waals surface area (Å²) < 4.78 is 11.1. The topological polar surface area (TPSA) is 56.5 Å². The minimum atomic E-state index is -0.294. The highest BCUT2D eigenvalue weighted by Gasteiger charge is 2.11. The standard InChI is InChI=1S/C11H28N2O2Si/c1-4-14-11(15-5-2)16-9-10(3)8-13-7-6-12/h10-11,13H,4-9,12,16H2,1-3H3. The molecule has 0 aliphatic rings. The maximum absolute atomic E-state index is 5.56. The average Bonchev–Trinajstić information content (AvgIpc) is 2.27. The van der Waals surface area contributed by atoms with Crippen LogP contribution in [-0.4, -0.2) is 48.3 Å². The molecule has 0 aromatic carbocycles. The minimum absolute atomic E-state index is 0.104. The van der Waals surface area contributed by atoms with Crippen molar-refractivity contribution in [3.8, 4) is 0 Å². The summed E-state index contributed by atoms with van der Waals surface area (Å²) >= 11 is 0. The van der Waals surface area contributed by atoms with Gasteiger partial charge in [0.2, 0.25) is 0 Å². The Bertz CT molecular complexity index is 144. The van der Waals surface area contributed by atoms with E-state index < -0.39 is 0 Å². The van der Waals surface area contributed by atoms with Crippen molar-refractivity contribution >= 4 is 9.52 Å². The van der Waals surface area contributed by atoms with Crippen LogP contribution in [0.5, 0.6) is 0 Å². The summed E-state index contributed by atoms with van der Waals surface area (Å²) in [5.41, 5.74) is 5.42. The maximum Gasteiger partial charge on any atom is 0.134 e. The summed E-state index contributed by atoms with van der Waals surface area (Å²) in [6.45, 7) is 10.5. The van der Waals surface area contributed by atoms with E-state index in [9.17, 15) is 0 Å². The van der Waals surface area contributed by atoms with Crippen molar-refractivity contribution in [2.75, 3.05) is 32.8 Å². The Morgan fingerprint density at radius 2 is 1.88 bits per heavy atom. The second-order valence-corrected chi connectivity index (χ2v) is 5.84. The van der Waals surface area contributed by atoms with Crippen molar-refractivity contribution in [1.29, 1.82) is 0 Å².